The topological polar surface area (TPSA) is 66.0 Å². The third-order valence-electron chi connectivity index (χ3n) is 4.83. The fourth-order valence-electron chi connectivity index (χ4n) is 3.16. The second kappa shape index (κ2) is 10.8. The van der Waals surface area contributed by atoms with E-state index >= 15 is 0 Å². The van der Waals surface area contributed by atoms with Crippen LogP contribution in [0.25, 0.3) is 0 Å². The molecular formula is C26H19F3N2O2. The molecule has 4 nitrogen and oxygen atoms in total. The van der Waals surface area contributed by atoms with Crippen LogP contribution in [-0.4, -0.2) is 9.67 Å². The molecule has 33 heavy (non-hydrogen) atoms. The summed E-state index contributed by atoms with van der Waals surface area (Å²) in [5.41, 5.74) is 1.64. The lowest BCUT2D eigenvalue weighted by Gasteiger charge is -2.21. The minimum atomic E-state index is -0.541. The first kappa shape index (κ1) is 23.4. The third-order valence-corrected chi connectivity index (χ3v) is 4.83. The Kier molecular flexibility index (Phi) is 7.66. The van der Waals surface area contributed by atoms with E-state index in [1.54, 1.807) is 36.4 Å². The van der Waals surface area contributed by atoms with Crippen molar-refractivity contribution in [3.63, 3.8) is 0 Å². The van der Waals surface area contributed by atoms with Crippen LogP contribution in [0.4, 0.5) is 13.2 Å². The Morgan fingerprint density at radius 2 is 1.33 bits per heavy atom. The number of nitrogens with zero attached hydrogens (tertiary/aromatic N) is 2. The standard InChI is InChI=1S/C19H14F3NO.C7H5NO/c20-15-5-1-13(2-6-15)11-18(14-3-7-16(21)8-4-14)23-12-17(22)9-10-19(23)24;8-5-6-1-3-7(9)4-2-6/h1-10,12,18H,11H2;1-4,9H. The van der Waals surface area contributed by atoms with Crippen molar-refractivity contribution in [2.45, 2.75) is 12.5 Å². The van der Waals surface area contributed by atoms with Crippen LogP contribution < -0.4 is 5.56 Å². The summed E-state index contributed by atoms with van der Waals surface area (Å²) in [6, 6.07) is 21.3. The number of nitriles is 1. The Bertz CT molecular complexity index is 1290. The van der Waals surface area contributed by atoms with E-state index in [4.69, 9.17) is 10.4 Å². The van der Waals surface area contributed by atoms with Crippen LogP contribution >= 0.6 is 0 Å². The van der Waals surface area contributed by atoms with E-state index in [1.807, 2.05) is 6.07 Å². The summed E-state index contributed by atoms with van der Waals surface area (Å²) in [6.07, 6.45) is 1.47. The molecule has 0 fully saturated rings. The Balaban J connectivity index is 0.000000286. The molecule has 7 heteroatoms. The molecule has 0 aliphatic carbocycles. The summed E-state index contributed by atoms with van der Waals surface area (Å²) in [5, 5.41) is 17.0. The zero-order valence-electron chi connectivity index (χ0n) is 17.3. The van der Waals surface area contributed by atoms with Gasteiger partial charge >= 0.3 is 0 Å². The number of aromatic nitrogens is 1. The van der Waals surface area contributed by atoms with E-state index in [2.05, 4.69) is 0 Å². The predicted molar refractivity (Wildman–Crippen MR) is 118 cm³/mol. The first-order valence-electron chi connectivity index (χ1n) is 9.92. The second-order valence-electron chi connectivity index (χ2n) is 7.15. The summed E-state index contributed by atoms with van der Waals surface area (Å²) >= 11 is 0. The maximum Gasteiger partial charge on any atom is 0.251 e. The van der Waals surface area contributed by atoms with Gasteiger partial charge in [0, 0.05) is 12.3 Å². The zero-order chi connectivity index (χ0) is 23.8. The van der Waals surface area contributed by atoms with Gasteiger partial charge in [-0.25, -0.2) is 13.2 Å². The van der Waals surface area contributed by atoms with Crippen molar-refractivity contribution >= 4 is 0 Å². The molecule has 0 aliphatic heterocycles. The van der Waals surface area contributed by atoms with Crippen LogP contribution in [0.1, 0.15) is 22.7 Å². The van der Waals surface area contributed by atoms with Crippen LogP contribution in [0, 0.1) is 28.8 Å². The van der Waals surface area contributed by atoms with Crippen molar-refractivity contribution in [2.75, 3.05) is 0 Å². The van der Waals surface area contributed by atoms with Gasteiger partial charge < -0.3 is 9.67 Å². The largest absolute Gasteiger partial charge is 0.508 e. The number of benzene rings is 3. The highest BCUT2D eigenvalue weighted by Gasteiger charge is 2.17. The summed E-state index contributed by atoms with van der Waals surface area (Å²) in [5.74, 6) is -1.11. The molecule has 0 aliphatic rings. The number of phenols is 1. The summed E-state index contributed by atoms with van der Waals surface area (Å²) < 4.78 is 41.2. The van der Waals surface area contributed by atoms with Gasteiger partial charge in [0.05, 0.1) is 17.7 Å². The van der Waals surface area contributed by atoms with E-state index < -0.39 is 17.7 Å². The summed E-state index contributed by atoms with van der Waals surface area (Å²) in [6.45, 7) is 0. The molecule has 0 spiro atoms. The first-order valence-corrected chi connectivity index (χ1v) is 9.92. The van der Waals surface area contributed by atoms with Crippen LogP contribution in [0.3, 0.4) is 0 Å². The van der Waals surface area contributed by atoms with Gasteiger partial charge in [0.25, 0.3) is 5.56 Å². The number of hydrogen-bond donors (Lipinski definition) is 1. The fraction of sp³-hybridized carbons (Fsp3) is 0.0769. The smallest absolute Gasteiger partial charge is 0.251 e. The van der Waals surface area contributed by atoms with E-state index in [1.165, 1.54) is 41.0 Å². The normalized spacial score (nSPS) is 11.1. The minimum absolute atomic E-state index is 0.189. The van der Waals surface area contributed by atoms with Crippen molar-refractivity contribution in [1.29, 1.82) is 5.26 Å². The number of hydrogen-bond acceptors (Lipinski definition) is 3. The molecule has 0 radical (unpaired) electrons. The molecule has 0 amide bonds. The minimum Gasteiger partial charge on any atom is -0.508 e. The molecule has 0 saturated heterocycles. The predicted octanol–water partition coefficient (Wildman–Crippen LogP) is 5.36. The van der Waals surface area contributed by atoms with E-state index in [9.17, 15) is 18.0 Å². The number of halogens is 3. The molecule has 0 bridgehead atoms. The second-order valence-corrected chi connectivity index (χ2v) is 7.15. The number of aromatic hydroxyl groups is 1. The molecule has 1 aromatic heterocycles. The van der Waals surface area contributed by atoms with Crippen LogP contribution in [-0.2, 0) is 6.42 Å². The van der Waals surface area contributed by atoms with Crippen molar-refractivity contribution in [3.05, 3.63) is 136 Å². The molecule has 1 atom stereocenters. The average Bonchev–Trinajstić information content (AvgIpc) is 2.82. The quantitative estimate of drug-likeness (QED) is 0.457. The van der Waals surface area contributed by atoms with Gasteiger partial charge in [-0.1, -0.05) is 24.3 Å². The Morgan fingerprint density at radius 1 is 0.788 bits per heavy atom. The third kappa shape index (κ3) is 6.58. The maximum atomic E-state index is 13.6. The first-order chi connectivity index (χ1) is 15.9. The van der Waals surface area contributed by atoms with Gasteiger partial charge in [-0.3, -0.25) is 4.79 Å². The lowest BCUT2D eigenvalue weighted by atomic mass is 9.98. The Morgan fingerprint density at radius 3 is 1.91 bits per heavy atom. The van der Waals surface area contributed by atoms with Gasteiger partial charge in [0.1, 0.15) is 23.2 Å². The van der Waals surface area contributed by atoms with Crippen molar-refractivity contribution < 1.29 is 18.3 Å². The van der Waals surface area contributed by atoms with Gasteiger partial charge in [0.2, 0.25) is 0 Å². The molecule has 4 rings (SSSR count). The summed E-state index contributed by atoms with van der Waals surface area (Å²) in [4.78, 5) is 12.2. The number of pyridine rings is 1. The van der Waals surface area contributed by atoms with Crippen LogP contribution in [0.15, 0.2) is 95.9 Å². The van der Waals surface area contributed by atoms with Crippen molar-refractivity contribution in [3.8, 4) is 11.8 Å². The Hall–Kier alpha value is -4.31. The van der Waals surface area contributed by atoms with Crippen molar-refractivity contribution in [2.24, 2.45) is 0 Å². The monoisotopic (exact) mass is 448 g/mol. The van der Waals surface area contributed by atoms with Gasteiger partial charge in [0.15, 0.2) is 0 Å². The highest BCUT2D eigenvalue weighted by molar-refractivity contribution is 5.33. The molecule has 1 N–H and O–H groups in total. The lowest BCUT2D eigenvalue weighted by molar-refractivity contribution is 0.475. The molecule has 4 aromatic rings. The molecule has 1 heterocycles. The average molecular weight is 448 g/mol. The van der Waals surface area contributed by atoms with Gasteiger partial charge in [-0.15, -0.1) is 0 Å². The van der Waals surface area contributed by atoms with Gasteiger partial charge in [-0.2, -0.15) is 5.26 Å². The lowest BCUT2D eigenvalue weighted by Crippen LogP contribution is -2.26. The molecule has 166 valence electrons. The summed E-state index contributed by atoms with van der Waals surface area (Å²) in [7, 11) is 0. The van der Waals surface area contributed by atoms with E-state index in [-0.39, 0.29) is 17.1 Å². The maximum absolute atomic E-state index is 13.6. The molecular weight excluding hydrogens is 429 g/mol. The zero-order valence-corrected chi connectivity index (χ0v) is 17.3. The fourth-order valence-corrected chi connectivity index (χ4v) is 3.16. The molecule has 1 unspecified atom stereocenters. The molecule has 3 aromatic carbocycles. The van der Waals surface area contributed by atoms with Crippen LogP contribution in [0.2, 0.25) is 0 Å². The highest BCUT2D eigenvalue weighted by Crippen LogP contribution is 2.23. The van der Waals surface area contributed by atoms with E-state index in [0.29, 0.717) is 17.5 Å². The molecule has 0 saturated carbocycles. The number of rotatable bonds is 4. The number of phenolic OH excluding ortho intramolecular Hbond substituents is 1. The SMILES string of the molecule is N#Cc1ccc(O)cc1.O=c1ccc(F)cn1C(Cc1ccc(F)cc1)c1ccc(F)cc1. The highest BCUT2D eigenvalue weighted by atomic mass is 19.1. The Labute approximate surface area is 188 Å². The van der Waals surface area contributed by atoms with Crippen LogP contribution in [0.5, 0.6) is 5.75 Å². The van der Waals surface area contributed by atoms with E-state index in [0.717, 1.165) is 23.9 Å². The van der Waals surface area contributed by atoms with Gasteiger partial charge in [-0.05, 0) is 72.1 Å². The van der Waals surface area contributed by atoms with Crippen molar-refractivity contribution in [1.82, 2.24) is 4.57 Å².